The maximum atomic E-state index is 3.81. The van der Waals surface area contributed by atoms with Crippen LogP contribution in [0.1, 0.15) is 37.5 Å². The summed E-state index contributed by atoms with van der Waals surface area (Å²) in [5.41, 5.74) is 10.1. The van der Waals surface area contributed by atoms with E-state index in [9.17, 15) is 0 Å². The highest BCUT2D eigenvalue weighted by molar-refractivity contribution is 9.10. The van der Waals surface area contributed by atoms with E-state index in [4.69, 9.17) is 0 Å². The molecular formula is C27H28BrN2+. The van der Waals surface area contributed by atoms with Gasteiger partial charge in [0, 0.05) is 41.8 Å². The molecule has 3 aromatic rings. The molecule has 0 bridgehead atoms. The van der Waals surface area contributed by atoms with Crippen molar-refractivity contribution in [3.63, 3.8) is 0 Å². The van der Waals surface area contributed by atoms with Gasteiger partial charge in [0.15, 0.2) is 5.71 Å². The van der Waals surface area contributed by atoms with Crippen molar-refractivity contribution in [1.82, 2.24) is 0 Å². The van der Waals surface area contributed by atoms with Crippen molar-refractivity contribution in [3.05, 3.63) is 94.0 Å². The number of hydrogen-bond acceptors (Lipinski definition) is 1. The second-order valence-corrected chi connectivity index (χ2v) is 8.46. The van der Waals surface area contributed by atoms with Crippen LogP contribution >= 0.6 is 15.9 Å². The number of nitrogens with zero attached hydrogens (tertiary/aromatic N) is 2. The molecule has 0 aliphatic carbocycles. The van der Waals surface area contributed by atoms with Gasteiger partial charge in [-0.3, -0.25) is 0 Å². The van der Waals surface area contributed by atoms with Crippen molar-refractivity contribution in [2.45, 2.75) is 20.8 Å². The summed E-state index contributed by atoms with van der Waals surface area (Å²) in [6.45, 7) is 8.65. The molecule has 0 aromatic heterocycles. The summed E-state index contributed by atoms with van der Waals surface area (Å²) in [6, 6.07) is 26.2. The first-order valence-corrected chi connectivity index (χ1v) is 11.4. The third kappa shape index (κ3) is 3.52. The first kappa shape index (κ1) is 20.6. The Hall–Kier alpha value is -2.65. The van der Waals surface area contributed by atoms with Crippen LogP contribution in [0.5, 0.6) is 0 Å². The number of fused-ring (bicyclic) bond motifs is 1. The van der Waals surface area contributed by atoms with E-state index in [0.29, 0.717) is 0 Å². The Morgan fingerprint density at radius 2 is 1.50 bits per heavy atom. The van der Waals surface area contributed by atoms with Gasteiger partial charge >= 0.3 is 0 Å². The van der Waals surface area contributed by atoms with Gasteiger partial charge in [0.2, 0.25) is 5.69 Å². The Bertz CT molecular complexity index is 1140. The molecule has 0 atom stereocenters. The maximum absolute atomic E-state index is 3.81. The molecule has 0 saturated carbocycles. The van der Waals surface area contributed by atoms with E-state index in [1.807, 2.05) is 0 Å². The van der Waals surface area contributed by atoms with E-state index in [-0.39, 0.29) is 0 Å². The molecule has 1 aliphatic rings. The lowest BCUT2D eigenvalue weighted by atomic mass is 9.88. The number of hydrogen-bond donors (Lipinski definition) is 0. The molecule has 0 fully saturated rings. The minimum atomic E-state index is 1.01. The smallest absolute Gasteiger partial charge is 0.213 e. The monoisotopic (exact) mass is 459 g/mol. The molecule has 0 spiro atoms. The fourth-order valence-electron chi connectivity index (χ4n) is 4.36. The minimum absolute atomic E-state index is 1.01. The molecular weight excluding hydrogens is 432 g/mol. The number of para-hydroxylation sites is 1. The number of benzene rings is 3. The summed E-state index contributed by atoms with van der Waals surface area (Å²) in [6.07, 6.45) is 0. The van der Waals surface area contributed by atoms with Crippen LogP contribution in [0.15, 0.2) is 77.3 Å². The lowest BCUT2D eigenvalue weighted by Gasteiger charge is -2.22. The van der Waals surface area contributed by atoms with Crippen LogP contribution < -0.4 is 4.90 Å². The second-order valence-electron chi connectivity index (χ2n) is 7.61. The van der Waals surface area contributed by atoms with Crippen LogP contribution in [0.3, 0.4) is 0 Å². The first-order valence-electron chi connectivity index (χ1n) is 10.6. The fourth-order valence-corrected chi connectivity index (χ4v) is 4.85. The molecule has 2 nitrogen and oxygen atoms in total. The van der Waals surface area contributed by atoms with Crippen molar-refractivity contribution in [3.8, 4) is 0 Å². The van der Waals surface area contributed by atoms with E-state index < -0.39 is 0 Å². The van der Waals surface area contributed by atoms with Crippen molar-refractivity contribution < 1.29 is 4.58 Å². The van der Waals surface area contributed by atoms with Gasteiger partial charge < -0.3 is 4.90 Å². The van der Waals surface area contributed by atoms with Gasteiger partial charge in [-0.05, 0) is 49.2 Å². The SMILES string of the molecule is CCN(CC)c1ccc(C(=C2C(C)=[N+](C)c3ccccc32)c2ccccc2Br)cc1. The van der Waals surface area contributed by atoms with E-state index in [1.165, 1.54) is 44.9 Å². The van der Waals surface area contributed by atoms with Crippen LogP contribution in [-0.2, 0) is 0 Å². The summed E-state index contributed by atoms with van der Waals surface area (Å²) in [7, 11) is 2.16. The number of allylic oxidation sites excluding steroid dienone is 1. The highest BCUT2D eigenvalue weighted by Crippen LogP contribution is 2.42. The molecule has 3 heteroatoms. The topological polar surface area (TPSA) is 6.25 Å². The lowest BCUT2D eigenvalue weighted by molar-refractivity contribution is -0.401. The Labute approximate surface area is 188 Å². The van der Waals surface area contributed by atoms with Gasteiger partial charge in [0.25, 0.3) is 0 Å². The normalized spacial score (nSPS) is 14.7. The largest absolute Gasteiger partial charge is 0.372 e. The average Bonchev–Trinajstić information content (AvgIpc) is 3.02. The van der Waals surface area contributed by atoms with Gasteiger partial charge in [-0.25, -0.2) is 0 Å². The summed E-state index contributed by atoms with van der Waals surface area (Å²) in [4.78, 5) is 2.38. The molecule has 1 heterocycles. The molecule has 4 rings (SSSR count). The molecule has 0 N–H and O–H groups in total. The van der Waals surface area contributed by atoms with E-state index >= 15 is 0 Å². The zero-order valence-corrected chi connectivity index (χ0v) is 19.7. The third-order valence-corrected chi connectivity index (χ3v) is 6.77. The highest BCUT2D eigenvalue weighted by Gasteiger charge is 2.32. The van der Waals surface area contributed by atoms with Crippen LogP contribution in [0, 0.1) is 0 Å². The zero-order valence-electron chi connectivity index (χ0n) is 18.1. The highest BCUT2D eigenvalue weighted by atomic mass is 79.9. The Morgan fingerprint density at radius 3 is 2.17 bits per heavy atom. The van der Waals surface area contributed by atoms with Crippen LogP contribution in [0.25, 0.3) is 11.1 Å². The predicted molar refractivity (Wildman–Crippen MR) is 133 cm³/mol. The molecule has 0 amide bonds. The summed E-state index contributed by atoms with van der Waals surface area (Å²) >= 11 is 3.81. The van der Waals surface area contributed by atoms with Crippen LogP contribution in [0.4, 0.5) is 11.4 Å². The van der Waals surface area contributed by atoms with Crippen molar-refractivity contribution >= 4 is 44.2 Å². The van der Waals surface area contributed by atoms with Gasteiger partial charge in [-0.1, -0.05) is 58.4 Å². The zero-order chi connectivity index (χ0) is 21.3. The van der Waals surface area contributed by atoms with Crippen LogP contribution in [0.2, 0.25) is 0 Å². The molecule has 0 unspecified atom stereocenters. The first-order chi connectivity index (χ1) is 14.6. The quantitative estimate of drug-likeness (QED) is 0.372. The van der Waals surface area contributed by atoms with Crippen molar-refractivity contribution in [2.24, 2.45) is 0 Å². The number of halogens is 1. The van der Waals surface area contributed by atoms with Crippen molar-refractivity contribution in [2.75, 3.05) is 25.0 Å². The number of anilines is 1. The molecule has 0 radical (unpaired) electrons. The molecule has 3 aromatic carbocycles. The predicted octanol–water partition coefficient (Wildman–Crippen LogP) is 7.00. The van der Waals surface area contributed by atoms with E-state index in [1.54, 1.807) is 0 Å². The molecule has 0 saturated heterocycles. The lowest BCUT2D eigenvalue weighted by Crippen LogP contribution is -2.21. The van der Waals surface area contributed by atoms with E-state index in [2.05, 4.69) is 126 Å². The van der Waals surface area contributed by atoms with Crippen molar-refractivity contribution in [1.29, 1.82) is 0 Å². The molecule has 152 valence electrons. The molecule has 30 heavy (non-hydrogen) atoms. The molecule has 1 aliphatic heterocycles. The Kier molecular flexibility index (Phi) is 5.92. The number of rotatable bonds is 5. The average molecular weight is 460 g/mol. The third-order valence-electron chi connectivity index (χ3n) is 6.08. The van der Waals surface area contributed by atoms with Gasteiger partial charge in [0.1, 0.15) is 7.05 Å². The van der Waals surface area contributed by atoms with Gasteiger partial charge in [-0.2, -0.15) is 4.58 Å². The van der Waals surface area contributed by atoms with E-state index in [0.717, 1.165) is 17.6 Å². The Morgan fingerprint density at radius 1 is 0.867 bits per heavy atom. The second kappa shape index (κ2) is 8.61. The van der Waals surface area contributed by atoms with Crippen LogP contribution in [-0.4, -0.2) is 30.4 Å². The van der Waals surface area contributed by atoms with Gasteiger partial charge in [0.05, 0.1) is 11.1 Å². The fraction of sp³-hybridized carbons (Fsp3) is 0.222. The summed E-state index contributed by atoms with van der Waals surface area (Å²) in [5.74, 6) is 0. The Balaban J connectivity index is 1.99. The van der Waals surface area contributed by atoms with Gasteiger partial charge in [-0.15, -0.1) is 0 Å². The summed E-state index contributed by atoms with van der Waals surface area (Å²) in [5, 5.41) is 0. The maximum Gasteiger partial charge on any atom is 0.213 e. The summed E-state index contributed by atoms with van der Waals surface area (Å²) < 4.78 is 3.41. The minimum Gasteiger partial charge on any atom is -0.372 e. The standard InChI is InChI=1S/C27H28BrN2/c1-5-30(6-2)21-17-15-20(16-18-21)27(22-11-7-9-13-24(22)28)26-19(3)29(4)25-14-10-8-12-23(25)26/h7-18H,5-6H2,1-4H3/q+1.